The molecule has 0 fully saturated rings. The fourth-order valence-electron chi connectivity index (χ4n) is 10.7. The number of rotatable bonds is 6. The number of anilines is 4. The van der Waals surface area contributed by atoms with Crippen LogP contribution in [0, 0.1) is 0 Å². The fraction of sp³-hybridized carbons (Fsp3) is 0. The summed E-state index contributed by atoms with van der Waals surface area (Å²) in [4.78, 5) is 2.31. The second-order valence-corrected chi connectivity index (χ2v) is 20.1. The first-order chi connectivity index (χ1) is 38.0. The molecule has 0 saturated carbocycles. The summed E-state index contributed by atoms with van der Waals surface area (Å²) in [5.41, 5.74) is 20.6. The highest BCUT2D eigenvalue weighted by molar-refractivity contribution is 9.10. The van der Waals surface area contributed by atoms with E-state index in [-0.39, 0.29) is 0 Å². The van der Waals surface area contributed by atoms with Gasteiger partial charge < -0.3 is 19.5 Å². The van der Waals surface area contributed by atoms with Crippen LogP contribution in [0.4, 0.5) is 22.7 Å². The van der Waals surface area contributed by atoms with Crippen molar-refractivity contribution in [3.8, 4) is 33.4 Å². The van der Waals surface area contributed by atoms with Crippen molar-refractivity contribution in [1.82, 2.24) is 0 Å². The average Bonchev–Trinajstić information content (AvgIpc) is 4.08. The van der Waals surface area contributed by atoms with Crippen molar-refractivity contribution in [2.45, 2.75) is 0 Å². The van der Waals surface area contributed by atoms with Crippen molar-refractivity contribution >= 4 is 115 Å². The highest BCUT2D eigenvalue weighted by atomic mass is 79.9. The standard InChI is InChI=1S/C44H29NO.C16H11Br.C12H9NO/c1-3-13-37-30(9-1)11-7-16-39(37)32-19-23-34(24-20-32)45(36-27-28-42-41-15-5-6-18-43(41)46-44(42)29-36)35-25-21-33(22-26-35)40-17-8-12-31-10-2-4-14-38(31)40;17-14-10-8-13(9-11-14)16-7-3-5-12-4-1-2-6-15(12)16;13-8-5-6-10-9-3-1-2-4-11(9)14-12(10)7-8/h1-29H;1-11H;1-7H,13H2. The third-order valence-corrected chi connectivity index (χ3v) is 14.9. The molecule has 0 aliphatic rings. The third-order valence-electron chi connectivity index (χ3n) is 14.4. The molecule has 4 nitrogen and oxygen atoms in total. The molecule has 15 aromatic rings. The summed E-state index contributed by atoms with van der Waals surface area (Å²) < 4.78 is 13.1. The SMILES string of the molecule is Brc1ccc(-c2cccc3ccccc23)cc1.Nc1ccc2c(c1)oc1ccccc12.c1ccc2c(-c3ccc(N(c4ccc(-c5cccc6ccccc56)cc4)c4ccc5c(c4)oc4ccccc45)cc3)cccc2c1. The van der Waals surface area contributed by atoms with Gasteiger partial charge in [0.1, 0.15) is 22.3 Å². The maximum absolute atomic E-state index is 6.32. The number of halogens is 1. The Bertz CT molecular complexity index is 4460. The molecule has 13 aromatic carbocycles. The Hall–Kier alpha value is -9.68. The molecule has 0 saturated heterocycles. The molecule has 0 atom stereocenters. The minimum atomic E-state index is 0.733. The molecule has 0 radical (unpaired) electrons. The van der Waals surface area contributed by atoms with Crippen LogP contribution in [0.15, 0.2) is 298 Å². The van der Waals surface area contributed by atoms with Crippen molar-refractivity contribution in [3.63, 3.8) is 0 Å². The van der Waals surface area contributed by atoms with Gasteiger partial charge >= 0.3 is 0 Å². The van der Waals surface area contributed by atoms with Gasteiger partial charge in [0.15, 0.2) is 0 Å². The van der Waals surface area contributed by atoms with Crippen molar-refractivity contribution < 1.29 is 8.83 Å². The molecule has 0 unspecified atom stereocenters. The van der Waals surface area contributed by atoms with Crippen LogP contribution >= 0.6 is 15.9 Å². The summed E-state index contributed by atoms with van der Waals surface area (Å²) >= 11 is 3.47. The Kier molecular flexibility index (Phi) is 12.6. The van der Waals surface area contributed by atoms with Crippen molar-refractivity contribution in [1.29, 1.82) is 0 Å². The smallest absolute Gasteiger partial charge is 0.137 e. The van der Waals surface area contributed by atoms with Crippen LogP contribution < -0.4 is 10.6 Å². The predicted molar refractivity (Wildman–Crippen MR) is 330 cm³/mol. The summed E-state index contributed by atoms with van der Waals surface area (Å²) in [7, 11) is 0. The minimum absolute atomic E-state index is 0.733. The Morgan fingerprint density at radius 3 is 1.06 bits per heavy atom. The first kappa shape index (κ1) is 47.1. The summed E-state index contributed by atoms with van der Waals surface area (Å²) in [6, 6.07) is 99.9. The van der Waals surface area contributed by atoms with Gasteiger partial charge in [-0.15, -0.1) is 0 Å². The molecule has 2 aromatic heterocycles. The number of para-hydroxylation sites is 2. The zero-order chi connectivity index (χ0) is 51.7. The first-order valence-corrected chi connectivity index (χ1v) is 26.6. The van der Waals surface area contributed by atoms with E-state index < -0.39 is 0 Å². The summed E-state index contributed by atoms with van der Waals surface area (Å²) in [6.07, 6.45) is 0. The maximum atomic E-state index is 6.32. The summed E-state index contributed by atoms with van der Waals surface area (Å²) in [6.45, 7) is 0. The number of benzene rings is 13. The lowest BCUT2D eigenvalue weighted by atomic mass is 9.97. The van der Waals surface area contributed by atoms with Gasteiger partial charge in [-0.05, 0) is 138 Å². The molecular formula is C72H49BrN2O2. The molecule has 0 amide bonds. The molecule has 0 spiro atoms. The molecule has 2 heterocycles. The molecule has 0 bridgehead atoms. The van der Waals surface area contributed by atoms with E-state index in [9.17, 15) is 0 Å². The number of hydrogen-bond donors (Lipinski definition) is 1. The van der Waals surface area contributed by atoms with Gasteiger partial charge in [-0.3, -0.25) is 0 Å². The van der Waals surface area contributed by atoms with Crippen molar-refractivity contribution in [3.05, 3.63) is 290 Å². The number of nitrogen functional groups attached to an aromatic ring is 1. The first-order valence-electron chi connectivity index (χ1n) is 25.8. The lowest BCUT2D eigenvalue weighted by Gasteiger charge is -2.26. The quantitative estimate of drug-likeness (QED) is 0.169. The Balaban J connectivity index is 0.000000147. The number of nitrogens with two attached hydrogens (primary N) is 1. The number of furan rings is 2. The van der Waals surface area contributed by atoms with Gasteiger partial charge in [0.2, 0.25) is 0 Å². The van der Waals surface area contributed by atoms with Crippen LogP contribution in [0.1, 0.15) is 0 Å². The molecule has 15 rings (SSSR count). The predicted octanol–water partition coefficient (Wildman–Crippen LogP) is 21.1. The van der Waals surface area contributed by atoms with Crippen molar-refractivity contribution in [2.75, 3.05) is 10.6 Å². The lowest BCUT2D eigenvalue weighted by molar-refractivity contribution is 0.668. The van der Waals surface area contributed by atoms with Gasteiger partial charge in [0.25, 0.3) is 0 Å². The van der Waals surface area contributed by atoms with E-state index in [2.05, 4.69) is 257 Å². The topological polar surface area (TPSA) is 55.5 Å². The highest BCUT2D eigenvalue weighted by Crippen LogP contribution is 2.41. The van der Waals surface area contributed by atoms with E-state index in [1.165, 1.54) is 65.7 Å². The van der Waals surface area contributed by atoms with Crippen LogP contribution in [-0.2, 0) is 0 Å². The molecule has 0 aliphatic carbocycles. The second-order valence-electron chi connectivity index (χ2n) is 19.1. The van der Waals surface area contributed by atoms with E-state index in [0.29, 0.717) is 0 Å². The highest BCUT2D eigenvalue weighted by Gasteiger charge is 2.17. The van der Waals surface area contributed by atoms with Crippen LogP contribution in [-0.4, -0.2) is 0 Å². The van der Waals surface area contributed by atoms with Crippen LogP contribution in [0.5, 0.6) is 0 Å². The molecular weight excluding hydrogens is 1000 g/mol. The Morgan fingerprint density at radius 2 is 0.610 bits per heavy atom. The maximum Gasteiger partial charge on any atom is 0.137 e. The minimum Gasteiger partial charge on any atom is -0.456 e. The summed E-state index contributed by atoms with van der Waals surface area (Å²) in [5, 5.41) is 12.1. The van der Waals surface area contributed by atoms with Gasteiger partial charge in [0.05, 0.1) is 0 Å². The fourth-order valence-corrected chi connectivity index (χ4v) is 10.9. The molecule has 366 valence electrons. The van der Waals surface area contributed by atoms with Crippen LogP contribution in [0.3, 0.4) is 0 Å². The zero-order valence-corrected chi connectivity index (χ0v) is 43.4. The van der Waals surface area contributed by atoms with E-state index in [0.717, 1.165) is 71.1 Å². The van der Waals surface area contributed by atoms with E-state index in [4.69, 9.17) is 14.6 Å². The van der Waals surface area contributed by atoms with Gasteiger partial charge in [-0.1, -0.05) is 216 Å². The van der Waals surface area contributed by atoms with Crippen LogP contribution in [0.25, 0.3) is 110 Å². The number of hydrogen-bond acceptors (Lipinski definition) is 4. The van der Waals surface area contributed by atoms with Crippen molar-refractivity contribution in [2.24, 2.45) is 0 Å². The lowest BCUT2D eigenvalue weighted by Crippen LogP contribution is -2.09. The number of nitrogens with zero attached hydrogens (tertiary/aromatic N) is 1. The molecule has 0 aliphatic heterocycles. The van der Waals surface area contributed by atoms with Gasteiger partial charge in [-0.2, -0.15) is 0 Å². The molecule has 5 heteroatoms. The Morgan fingerprint density at radius 1 is 0.273 bits per heavy atom. The van der Waals surface area contributed by atoms with Crippen LogP contribution in [0.2, 0.25) is 0 Å². The van der Waals surface area contributed by atoms with Gasteiger partial charge in [-0.25, -0.2) is 0 Å². The average molecular weight is 1050 g/mol. The third kappa shape index (κ3) is 9.35. The molecule has 2 N–H and O–H groups in total. The Labute approximate surface area is 454 Å². The zero-order valence-electron chi connectivity index (χ0n) is 41.9. The number of fused-ring (bicyclic) bond motifs is 9. The molecule has 77 heavy (non-hydrogen) atoms. The summed E-state index contributed by atoms with van der Waals surface area (Å²) in [5.74, 6) is 0. The van der Waals surface area contributed by atoms with E-state index >= 15 is 0 Å². The second kappa shape index (κ2) is 20.6. The van der Waals surface area contributed by atoms with Gasteiger partial charge in [0, 0.05) is 60.9 Å². The largest absolute Gasteiger partial charge is 0.456 e. The monoisotopic (exact) mass is 1050 g/mol. The normalized spacial score (nSPS) is 11.2. The van der Waals surface area contributed by atoms with E-state index in [1.807, 2.05) is 48.5 Å². The van der Waals surface area contributed by atoms with E-state index in [1.54, 1.807) is 0 Å².